The number of benzene rings is 1. The number of thiocarbonyl (C=S) groups is 1. The van der Waals surface area contributed by atoms with Gasteiger partial charge < -0.3 is 0 Å². The highest BCUT2D eigenvalue weighted by Gasteiger charge is 2.17. The molecule has 0 atom stereocenters. The SMILES string of the molecule is CCCCCCSN(SCCCCCC)C(=S)c1nc2ccccc2s1. The van der Waals surface area contributed by atoms with Crippen LogP contribution in [-0.2, 0) is 0 Å². The highest BCUT2D eigenvalue weighted by Crippen LogP contribution is 2.31. The van der Waals surface area contributed by atoms with Gasteiger partial charge in [-0.1, -0.05) is 76.7 Å². The Morgan fingerprint density at radius 3 is 2.15 bits per heavy atom. The first-order valence-electron chi connectivity index (χ1n) is 9.72. The number of para-hydroxylation sites is 1. The smallest absolute Gasteiger partial charge is 0.158 e. The van der Waals surface area contributed by atoms with E-state index in [9.17, 15) is 0 Å². The third-order valence-corrected chi connectivity index (χ3v) is 8.24. The highest BCUT2D eigenvalue weighted by atomic mass is 32.2. The molecule has 2 nitrogen and oxygen atoms in total. The molecule has 1 aromatic carbocycles. The fraction of sp³-hybridized carbons (Fsp3) is 0.600. The molecular weight excluding hydrogens is 397 g/mol. The lowest BCUT2D eigenvalue weighted by Crippen LogP contribution is -2.17. The summed E-state index contributed by atoms with van der Waals surface area (Å²) < 4.78 is 3.47. The van der Waals surface area contributed by atoms with E-state index in [-0.39, 0.29) is 0 Å². The van der Waals surface area contributed by atoms with Gasteiger partial charge in [0.05, 0.1) is 10.2 Å². The van der Waals surface area contributed by atoms with Gasteiger partial charge in [-0.05, 0) is 48.9 Å². The van der Waals surface area contributed by atoms with Crippen LogP contribution >= 0.6 is 47.5 Å². The molecule has 0 amide bonds. The van der Waals surface area contributed by atoms with Crippen LogP contribution in [0.15, 0.2) is 24.3 Å². The van der Waals surface area contributed by atoms with E-state index in [4.69, 9.17) is 17.2 Å². The summed E-state index contributed by atoms with van der Waals surface area (Å²) in [5.74, 6) is 2.26. The summed E-state index contributed by atoms with van der Waals surface area (Å²) in [4.78, 5) is 5.64. The van der Waals surface area contributed by atoms with Crippen molar-refractivity contribution < 1.29 is 0 Å². The van der Waals surface area contributed by atoms with E-state index >= 15 is 0 Å². The summed E-state index contributed by atoms with van der Waals surface area (Å²) in [6.07, 6.45) is 10.4. The fourth-order valence-electron chi connectivity index (χ4n) is 2.55. The Bertz CT molecular complexity index is 609. The van der Waals surface area contributed by atoms with Crippen molar-refractivity contribution in [3.8, 4) is 0 Å². The minimum absolute atomic E-state index is 0.882. The molecule has 1 heterocycles. The number of aromatic nitrogens is 1. The maximum absolute atomic E-state index is 5.82. The lowest BCUT2D eigenvalue weighted by atomic mass is 10.2. The molecular formula is C20H30N2S4. The molecule has 0 saturated heterocycles. The minimum atomic E-state index is 0.882. The van der Waals surface area contributed by atoms with Crippen molar-refractivity contribution in [2.24, 2.45) is 0 Å². The molecule has 0 aliphatic rings. The standard InChI is InChI=1S/C20H30N2S4/c1-3-5-7-11-15-24-22(25-16-12-8-6-4-2)20(23)19-21-17-13-9-10-14-18(17)26-19/h9-10,13-14H,3-8,11-12,15-16H2,1-2H3. The third kappa shape index (κ3) is 7.37. The van der Waals surface area contributed by atoms with Crippen LogP contribution in [0.3, 0.4) is 0 Å². The molecule has 6 heteroatoms. The van der Waals surface area contributed by atoms with Crippen molar-refractivity contribution in [2.75, 3.05) is 11.5 Å². The van der Waals surface area contributed by atoms with Crippen LogP contribution in [0.1, 0.15) is 70.2 Å². The van der Waals surface area contributed by atoms with Gasteiger partial charge in [0.25, 0.3) is 0 Å². The lowest BCUT2D eigenvalue weighted by molar-refractivity contribution is 0.704. The van der Waals surface area contributed by atoms with Gasteiger partial charge >= 0.3 is 0 Å². The van der Waals surface area contributed by atoms with Crippen LogP contribution in [-0.4, -0.2) is 25.2 Å². The maximum atomic E-state index is 5.82. The zero-order valence-electron chi connectivity index (χ0n) is 15.9. The van der Waals surface area contributed by atoms with Gasteiger partial charge in [-0.25, -0.2) is 8.69 Å². The van der Waals surface area contributed by atoms with E-state index in [0.29, 0.717) is 0 Å². The Labute approximate surface area is 176 Å². The Morgan fingerprint density at radius 1 is 0.962 bits per heavy atom. The number of hydrogen-bond acceptors (Lipinski definition) is 5. The number of unbranched alkanes of at least 4 members (excludes halogenated alkanes) is 6. The van der Waals surface area contributed by atoms with Gasteiger partial charge in [0.15, 0.2) is 10.00 Å². The highest BCUT2D eigenvalue weighted by molar-refractivity contribution is 8.13. The average molecular weight is 427 g/mol. The molecule has 26 heavy (non-hydrogen) atoms. The topological polar surface area (TPSA) is 16.1 Å². The van der Waals surface area contributed by atoms with Gasteiger partial charge in [-0.3, -0.25) is 0 Å². The van der Waals surface area contributed by atoms with Gasteiger partial charge in [0, 0.05) is 11.5 Å². The molecule has 0 spiro atoms. The summed E-state index contributed by atoms with van der Waals surface area (Å²) in [6, 6.07) is 8.30. The van der Waals surface area contributed by atoms with Crippen LogP contribution < -0.4 is 0 Å². The van der Waals surface area contributed by atoms with Crippen molar-refractivity contribution in [3.05, 3.63) is 29.3 Å². The molecule has 1 aromatic heterocycles. The van der Waals surface area contributed by atoms with E-state index in [0.717, 1.165) is 27.0 Å². The zero-order valence-corrected chi connectivity index (χ0v) is 19.2. The second-order valence-corrected chi connectivity index (χ2v) is 10.0. The van der Waals surface area contributed by atoms with Crippen molar-refractivity contribution in [2.45, 2.75) is 65.2 Å². The van der Waals surface area contributed by atoms with Crippen molar-refractivity contribution in [1.29, 1.82) is 0 Å². The Morgan fingerprint density at radius 2 is 1.58 bits per heavy atom. The largest absolute Gasteiger partial charge is 0.245 e. The third-order valence-electron chi connectivity index (χ3n) is 4.06. The van der Waals surface area contributed by atoms with Gasteiger partial charge in [0.1, 0.15) is 0 Å². The molecule has 0 aliphatic heterocycles. The molecule has 0 saturated carbocycles. The number of hydrogen-bond donors (Lipinski definition) is 0. The average Bonchev–Trinajstić information content (AvgIpc) is 3.09. The first-order chi connectivity index (χ1) is 12.8. The molecule has 144 valence electrons. The van der Waals surface area contributed by atoms with Gasteiger partial charge in [0.2, 0.25) is 0 Å². The molecule has 0 unspecified atom stereocenters. The Balaban J connectivity index is 1.94. The number of thiazole rings is 1. The predicted molar refractivity (Wildman–Crippen MR) is 126 cm³/mol. The first-order valence-corrected chi connectivity index (χ1v) is 12.8. The number of nitrogens with zero attached hydrogens (tertiary/aromatic N) is 2. The van der Waals surface area contributed by atoms with Crippen molar-refractivity contribution >= 4 is 62.7 Å². The first kappa shape index (κ1) is 22.0. The van der Waals surface area contributed by atoms with Crippen molar-refractivity contribution in [1.82, 2.24) is 8.69 Å². The monoisotopic (exact) mass is 426 g/mol. The molecule has 0 N–H and O–H groups in total. The van der Waals surface area contributed by atoms with Gasteiger partial charge in [-0.2, -0.15) is 0 Å². The van der Waals surface area contributed by atoms with Crippen LogP contribution in [0.2, 0.25) is 0 Å². The minimum Gasteiger partial charge on any atom is -0.245 e. The lowest BCUT2D eigenvalue weighted by Gasteiger charge is -2.21. The molecule has 2 aromatic rings. The van der Waals surface area contributed by atoms with Crippen LogP contribution in [0.5, 0.6) is 0 Å². The second-order valence-electron chi connectivity index (χ2n) is 6.34. The normalized spacial score (nSPS) is 11.2. The van der Waals surface area contributed by atoms with E-state index in [2.05, 4.69) is 35.8 Å². The zero-order chi connectivity index (χ0) is 18.6. The van der Waals surface area contributed by atoms with Crippen molar-refractivity contribution in [3.63, 3.8) is 0 Å². The van der Waals surface area contributed by atoms with E-state index in [1.165, 1.54) is 56.1 Å². The Hall–Kier alpha value is -0.300. The summed E-state index contributed by atoms with van der Waals surface area (Å²) in [6.45, 7) is 4.52. The van der Waals surface area contributed by atoms with Gasteiger partial charge in [-0.15, -0.1) is 11.3 Å². The molecule has 2 rings (SSSR count). The summed E-state index contributed by atoms with van der Waals surface area (Å²) in [7, 11) is 0. The van der Waals surface area contributed by atoms with Crippen LogP contribution in [0, 0.1) is 0 Å². The summed E-state index contributed by atoms with van der Waals surface area (Å²) in [5.41, 5.74) is 1.05. The molecule has 0 aliphatic carbocycles. The number of rotatable bonds is 13. The predicted octanol–water partition coefficient (Wildman–Crippen LogP) is 7.73. The quantitative estimate of drug-likeness (QED) is 0.184. The number of fused-ring (bicyclic) bond motifs is 1. The van der Waals surface area contributed by atoms with E-state index in [1.54, 1.807) is 11.3 Å². The maximum Gasteiger partial charge on any atom is 0.158 e. The van der Waals surface area contributed by atoms with E-state index in [1.807, 2.05) is 30.0 Å². The molecule has 0 fully saturated rings. The molecule has 0 radical (unpaired) electrons. The Kier molecular flexibility index (Phi) is 11.0. The fourth-order valence-corrected chi connectivity index (χ4v) is 6.20. The van der Waals surface area contributed by atoms with Crippen LogP contribution in [0.25, 0.3) is 10.2 Å². The molecule has 0 bridgehead atoms. The summed E-state index contributed by atoms with van der Waals surface area (Å²) >= 11 is 11.3. The summed E-state index contributed by atoms with van der Waals surface area (Å²) in [5, 5.41) is 0.975. The van der Waals surface area contributed by atoms with E-state index < -0.39 is 0 Å². The van der Waals surface area contributed by atoms with Crippen LogP contribution in [0.4, 0.5) is 0 Å². The second kappa shape index (κ2) is 13.0.